The molecule has 12 heteroatoms. The minimum absolute atomic E-state index is 0.0397. The Balaban J connectivity index is 1.71. The Kier molecular flexibility index (Phi) is 7.36. The molecule has 11 nitrogen and oxygen atoms in total. The van der Waals surface area contributed by atoms with Gasteiger partial charge in [0.2, 0.25) is 12.4 Å². The van der Waals surface area contributed by atoms with Crippen molar-refractivity contribution in [3.05, 3.63) is 59.8 Å². The fourth-order valence-electron chi connectivity index (χ4n) is 4.31. The van der Waals surface area contributed by atoms with Gasteiger partial charge in [-0.25, -0.2) is 0 Å². The largest absolute Gasteiger partial charge is 0.463 e. The van der Waals surface area contributed by atoms with Crippen LogP contribution in [0.1, 0.15) is 33.1 Å². The highest BCUT2D eigenvalue weighted by molar-refractivity contribution is 6.32. The monoisotopic (exact) mass is 577 g/mol. The molecule has 1 saturated heterocycles. The van der Waals surface area contributed by atoms with E-state index < -0.39 is 88.8 Å². The maximum absolute atomic E-state index is 12.3. The summed E-state index contributed by atoms with van der Waals surface area (Å²) in [5, 5.41) is 1.11. The second-order valence-corrected chi connectivity index (χ2v) is 8.97. The molecule has 2 aromatic carbocycles. The van der Waals surface area contributed by atoms with Crippen LogP contribution in [0.5, 0.6) is 5.75 Å². The van der Waals surface area contributed by atoms with Crippen LogP contribution in [0.2, 0.25) is 5.02 Å². The van der Waals surface area contributed by atoms with E-state index in [0.717, 1.165) is 10.9 Å². The van der Waals surface area contributed by atoms with Crippen LogP contribution < -0.4 is 4.74 Å². The third-order valence-corrected chi connectivity index (χ3v) is 6.13. The van der Waals surface area contributed by atoms with Gasteiger partial charge in [-0.1, -0.05) is 29.8 Å². The molecule has 0 amide bonds. The van der Waals surface area contributed by atoms with Gasteiger partial charge in [0, 0.05) is 45.0 Å². The lowest BCUT2D eigenvalue weighted by atomic mass is 9.98. The average molecular weight is 578 g/mol. The molecule has 1 unspecified atom stereocenters. The van der Waals surface area contributed by atoms with Gasteiger partial charge in [-0.2, -0.15) is 0 Å². The highest BCUT2D eigenvalue weighted by Crippen LogP contribution is 2.34. The molecule has 212 valence electrons. The first-order valence-corrected chi connectivity index (χ1v) is 12.2. The number of hydrogen-bond acceptors (Lipinski definition) is 10. The van der Waals surface area contributed by atoms with Crippen molar-refractivity contribution in [2.45, 2.75) is 58.3 Å². The van der Waals surface area contributed by atoms with Crippen LogP contribution in [-0.4, -0.2) is 65.8 Å². The van der Waals surface area contributed by atoms with Crippen molar-refractivity contribution >= 4 is 46.4 Å². The number of carbonyl (C=O) groups is 4. The van der Waals surface area contributed by atoms with Gasteiger partial charge >= 0.3 is 23.9 Å². The van der Waals surface area contributed by atoms with Gasteiger partial charge in [0.1, 0.15) is 18.5 Å². The first-order chi connectivity index (χ1) is 21.2. The fourth-order valence-corrected chi connectivity index (χ4v) is 4.53. The van der Waals surface area contributed by atoms with E-state index in [9.17, 15) is 19.2 Å². The number of para-hydroxylation sites is 1. The predicted molar refractivity (Wildman–Crippen MR) is 141 cm³/mol. The second kappa shape index (κ2) is 12.4. The summed E-state index contributed by atoms with van der Waals surface area (Å²) >= 11 is 6.59. The van der Waals surface area contributed by atoms with Gasteiger partial charge in [-0.15, -0.1) is 0 Å². The molecule has 40 heavy (non-hydrogen) atoms. The normalized spacial score (nSPS) is 23.6. The lowest BCUT2D eigenvalue weighted by Gasteiger charge is -2.44. The maximum Gasteiger partial charge on any atom is 0.303 e. The number of nitrogens with zero attached hydrogens (tertiary/aromatic N) is 1. The third kappa shape index (κ3) is 6.72. The van der Waals surface area contributed by atoms with E-state index in [-0.39, 0.29) is 10.8 Å². The highest BCUT2D eigenvalue weighted by atomic mass is 35.5. The summed E-state index contributed by atoms with van der Waals surface area (Å²) in [6, 6.07) is 14.5. The molecule has 1 aromatic heterocycles. The Morgan fingerprint density at radius 2 is 1.55 bits per heavy atom. The maximum atomic E-state index is 12.3. The average Bonchev–Trinajstić information content (AvgIpc) is 3.47. The predicted octanol–water partition coefficient (Wildman–Crippen LogP) is 3.75. The number of esters is 4. The summed E-state index contributed by atoms with van der Waals surface area (Å²) in [5.74, 6) is -4.17. The van der Waals surface area contributed by atoms with E-state index in [2.05, 4.69) is 0 Å². The molecule has 1 fully saturated rings. The SMILES string of the molecule is [2H]CC(=O)OC[C@H]1OC(Oc2ccc(-n3ccc4ccccc43)cc2Cl)[C@@H](OC(=O)C[2H])[C@@H](OC(=O)C[2H])[C@@H]1OC(=O)C[2H]. The fraction of sp³-hybridized carbons (Fsp3) is 0.357. The summed E-state index contributed by atoms with van der Waals surface area (Å²) in [5.41, 5.74) is 1.61. The molecule has 2 heterocycles. The van der Waals surface area contributed by atoms with Crippen LogP contribution in [-0.2, 0) is 42.9 Å². The van der Waals surface area contributed by atoms with Crippen LogP contribution in [0.15, 0.2) is 54.7 Å². The summed E-state index contributed by atoms with van der Waals surface area (Å²) in [4.78, 5) is 48.5. The molecule has 0 N–H and O–H groups in total. The van der Waals surface area contributed by atoms with E-state index in [1.807, 2.05) is 41.1 Å². The Labute approximate surface area is 240 Å². The van der Waals surface area contributed by atoms with Gasteiger partial charge in [-0.05, 0) is 35.7 Å². The highest BCUT2D eigenvalue weighted by Gasteiger charge is 2.53. The Morgan fingerprint density at radius 3 is 2.25 bits per heavy atom. The van der Waals surface area contributed by atoms with Crippen molar-refractivity contribution in [2.75, 3.05) is 6.61 Å². The summed E-state index contributed by atoms with van der Waals surface area (Å²) in [7, 11) is 0. The van der Waals surface area contributed by atoms with Crippen LogP contribution >= 0.6 is 11.6 Å². The molecule has 1 aliphatic heterocycles. The van der Waals surface area contributed by atoms with Crippen LogP contribution in [0.3, 0.4) is 0 Å². The first kappa shape index (κ1) is 23.8. The molecule has 0 radical (unpaired) electrons. The minimum Gasteiger partial charge on any atom is -0.463 e. The number of rotatable bonds is 8. The zero-order valence-electron chi connectivity index (χ0n) is 25.0. The van der Waals surface area contributed by atoms with Gasteiger partial charge in [0.05, 0.1) is 10.5 Å². The van der Waals surface area contributed by atoms with Crippen molar-refractivity contribution in [3.63, 3.8) is 0 Å². The molecular formula is C28H28ClNO10. The zero-order chi connectivity index (χ0) is 31.8. The number of benzene rings is 2. The van der Waals surface area contributed by atoms with Crippen LogP contribution in [0.25, 0.3) is 16.6 Å². The van der Waals surface area contributed by atoms with E-state index in [4.69, 9.17) is 45.5 Å². The molecule has 0 spiro atoms. The number of hydrogen-bond donors (Lipinski definition) is 0. The van der Waals surface area contributed by atoms with Gasteiger partial charge in [0.25, 0.3) is 0 Å². The molecule has 3 aromatic rings. The van der Waals surface area contributed by atoms with Crippen molar-refractivity contribution in [3.8, 4) is 11.4 Å². The van der Waals surface area contributed by atoms with Gasteiger partial charge in [0.15, 0.2) is 12.2 Å². The molecule has 4 rings (SSSR count). The number of fused-ring (bicyclic) bond motifs is 1. The quantitative estimate of drug-likeness (QED) is 0.288. The van der Waals surface area contributed by atoms with Crippen molar-refractivity contribution in [2.24, 2.45) is 0 Å². The molecule has 1 aliphatic rings. The summed E-state index contributed by atoms with van der Waals surface area (Å²) in [6.07, 6.45) is -6.13. The lowest BCUT2D eigenvalue weighted by molar-refractivity contribution is -0.288. The Morgan fingerprint density at radius 1 is 0.875 bits per heavy atom. The number of halogens is 1. The van der Waals surface area contributed by atoms with Crippen molar-refractivity contribution in [1.82, 2.24) is 4.57 Å². The molecule has 5 atom stereocenters. The van der Waals surface area contributed by atoms with E-state index >= 15 is 0 Å². The topological polar surface area (TPSA) is 129 Å². The van der Waals surface area contributed by atoms with Gasteiger partial charge in [-0.3, -0.25) is 19.2 Å². The van der Waals surface area contributed by atoms with E-state index in [0.29, 0.717) is 5.69 Å². The Bertz CT molecular complexity index is 1500. The minimum atomic E-state index is -1.68. The molecule has 0 aliphatic carbocycles. The lowest BCUT2D eigenvalue weighted by Crippen LogP contribution is -2.63. The zero-order valence-corrected chi connectivity index (χ0v) is 21.8. The van der Waals surface area contributed by atoms with Crippen LogP contribution in [0.4, 0.5) is 0 Å². The third-order valence-electron chi connectivity index (χ3n) is 5.84. The van der Waals surface area contributed by atoms with E-state index in [1.54, 1.807) is 12.1 Å². The molecule has 0 bridgehead atoms. The van der Waals surface area contributed by atoms with Crippen LogP contribution in [0, 0.1) is 0 Å². The smallest absolute Gasteiger partial charge is 0.303 e. The molecule has 0 saturated carbocycles. The summed E-state index contributed by atoms with van der Waals surface area (Å²) in [6.45, 7) is -3.89. The standard InChI is InChI=1S/C28H28ClNO10/c1-15(31)35-14-24-25(36-16(2)32)26(37-17(3)33)27(38-18(4)34)28(40-24)39-23-10-9-20(13-21(23)29)30-12-11-19-7-5-6-8-22(19)30/h5-13,24-28H,14H2,1-4H3/t24-,25-,26+,27+,28?/m1/s1/i1D,2D,3D,4D. The summed E-state index contributed by atoms with van der Waals surface area (Å²) < 4.78 is 64.2. The number of aromatic nitrogens is 1. The van der Waals surface area contributed by atoms with Crippen molar-refractivity contribution < 1.29 is 53.1 Å². The van der Waals surface area contributed by atoms with E-state index in [1.165, 1.54) is 6.07 Å². The number of ether oxygens (including phenoxy) is 6. The first-order valence-electron chi connectivity index (χ1n) is 14.6. The number of carbonyl (C=O) groups excluding carboxylic acids is 4. The Hall–Kier alpha value is -4.09. The molecular weight excluding hydrogens is 546 g/mol. The van der Waals surface area contributed by atoms with Gasteiger partial charge < -0.3 is 33.0 Å². The second-order valence-electron chi connectivity index (χ2n) is 8.57. The van der Waals surface area contributed by atoms with Crippen molar-refractivity contribution in [1.29, 1.82) is 0 Å².